The number of pyridine rings is 1. The first-order chi connectivity index (χ1) is 13.5. The second-order valence-corrected chi connectivity index (χ2v) is 6.61. The number of benzene rings is 1. The van der Waals surface area contributed by atoms with Crippen LogP contribution in [0.25, 0.3) is 0 Å². The van der Waals surface area contributed by atoms with E-state index in [1.165, 1.54) is 6.07 Å². The number of hydrogen-bond acceptors (Lipinski definition) is 6. The van der Waals surface area contributed by atoms with E-state index in [0.29, 0.717) is 12.2 Å². The second-order valence-electron chi connectivity index (χ2n) is 6.61. The maximum Gasteiger partial charge on any atom is 0.293 e. The highest BCUT2D eigenvalue weighted by atomic mass is 35.5. The molecule has 1 aliphatic rings. The summed E-state index contributed by atoms with van der Waals surface area (Å²) in [6.45, 7) is 4.01. The van der Waals surface area contributed by atoms with Crippen molar-refractivity contribution in [2.45, 2.75) is 19.4 Å². The summed E-state index contributed by atoms with van der Waals surface area (Å²) in [6, 6.07) is 9.77. The first-order valence-corrected chi connectivity index (χ1v) is 9.17. The number of carbonyl (C=O) groups excluding carboxylic acids is 1. The standard InChI is InChI=1S/C20H23N5O3.2ClH/c1-14(17-4-2-3-9-22-17)24-18-6-5-16(12-19(18)25(27)28)20(26)23-13-15-7-10-21-11-8-15;;/h2-7,9,12,14,21,24H,8,10-11,13H2,1H3,(H,23,26);2*1H. The average Bonchev–Trinajstić information content (AvgIpc) is 2.73. The SMILES string of the molecule is CC(Nc1ccc(C(=O)NCC2=CCNCC2)cc1[N+](=O)[O-])c1ccccn1.Cl.Cl. The van der Waals surface area contributed by atoms with Gasteiger partial charge in [0.25, 0.3) is 11.6 Å². The van der Waals surface area contributed by atoms with Crippen LogP contribution in [0.3, 0.4) is 0 Å². The Morgan fingerprint density at radius 2 is 2.10 bits per heavy atom. The molecule has 0 radical (unpaired) electrons. The zero-order valence-electron chi connectivity index (χ0n) is 16.5. The van der Waals surface area contributed by atoms with Crippen molar-refractivity contribution in [3.05, 3.63) is 75.6 Å². The molecule has 0 saturated carbocycles. The Morgan fingerprint density at radius 1 is 1.30 bits per heavy atom. The first kappa shape index (κ1) is 25.4. The van der Waals surface area contributed by atoms with Crippen LogP contribution < -0.4 is 16.0 Å². The van der Waals surface area contributed by atoms with Crippen LogP contribution in [0.2, 0.25) is 0 Å². The molecule has 1 aromatic carbocycles. The topological polar surface area (TPSA) is 109 Å². The molecule has 2 heterocycles. The Labute approximate surface area is 187 Å². The van der Waals surface area contributed by atoms with E-state index in [1.807, 2.05) is 25.1 Å². The number of carbonyl (C=O) groups is 1. The van der Waals surface area contributed by atoms with Crippen molar-refractivity contribution in [3.8, 4) is 0 Å². The summed E-state index contributed by atoms with van der Waals surface area (Å²) >= 11 is 0. The zero-order valence-corrected chi connectivity index (χ0v) is 18.1. The highest BCUT2D eigenvalue weighted by Crippen LogP contribution is 2.29. The van der Waals surface area contributed by atoms with Crippen LogP contribution in [0.15, 0.2) is 54.2 Å². The van der Waals surface area contributed by atoms with Crippen LogP contribution in [0.1, 0.15) is 35.4 Å². The number of anilines is 1. The number of amides is 1. The zero-order chi connectivity index (χ0) is 19.9. The van der Waals surface area contributed by atoms with E-state index in [9.17, 15) is 14.9 Å². The number of rotatable bonds is 7. The third kappa shape index (κ3) is 6.69. The van der Waals surface area contributed by atoms with Crippen LogP contribution in [0.5, 0.6) is 0 Å². The van der Waals surface area contributed by atoms with Gasteiger partial charge in [-0.2, -0.15) is 0 Å². The largest absolute Gasteiger partial charge is 0.371 e. The predicted molar refractivity (Wildman–Crippen MR) is 122 cm³/mol. The van der Waals surface area contributed by atoms with Gasteiger partial charge >= 0.3 is 0 Å². The summed E-state index contributed by atoms with van der Waals surface area (Å²) in [7, 11) is 0. The number of aromatic nitrogens is 1. The Balaban J connectivity index is 0.00000225. The van der Waals surface area contributed by atoms with E-state index >= 15 is 0 Å². The molecule has 1 unspecified atom stereocenters. The van der Waals surface area contributed by atoms with Crippen molar-refractivity contribution in [1.82, 2.24) is 15.6 Å². The number of nitro benzene ring substituents is 1. The van der Waals surface area contributed by atoms with Crippen molar-refractivity contribution in [3.63, 3.8) is 0 Å². The van der Waals surface area contributed by atoms with Crippen LogP contribution >= 0.6 is 24.8 Å². The van der Waals surface area contributed by atoms with Crippen LogP contribution in [-0.4, -0.2) is 35.4 Å². The third-order valence-corrected chi connectivity index (χ3v) is 4.59. The molecular weight excluding hydrogens is 429 g/mol. The van der Waals surface area contributed by atoms with Crippen LogP contribution in [0, 0.1) is 10.1 Å². The summed E-state index contributed by atoms with van der Waals surface area (Å²) in [5.74, 6) is -0.327. The number of nitrogens with one attached hydrogen (secondary N) is 3. The normalized spacial score (nSPS) is 13.7. The van der Waals surface area contributed by atoms with Gasteiger partial charge in [0, 0.05) is 30.9 Å². The summed E-state index contributed by atoms with van der Waals surface area (Å²) in [6.07, 6.45) is 4.61. The molecule has 0 fully saturated rings. The molecule has 1 aliphatic heterocycles. The summed E-state index contributed by atoms with van der Waals surface area (Å²) in [5.41, 5.74) is 2.40. The van der Waals surface area contributed by atoms with E-state index in [1.54, 1.807) is 18.3 Å². The molecule has 0 bridgehead atoms. The average molecular weight is 454 g/mol. The molecule has 0 saturated heterocycles. The maximum atomic E-state index is 12.4. The van der Waals surface area contributed by atoms with Gasteiger partial charge in [0.15, 0.2) is 0 Å². The van der Waals surface area contributed by atoms with E-state index in [-0.39, 0.29) is 48.0 Å². The maximum absolute atomic E-state index is 12.4. The molecule has 1 atom stereocenters. The molecule has 10 heteroatoms. The molecule has 1 amide bonds. The molecule has 1 aromatic heterocycles. The van der Waals surface area contributed by atoms with Crippen molar-refractivity contribution in [2.75, 3.05) is 25.0 Å². The highest BCUT2D eigenvalue weighted by Gasteiger charge is 2.20. The number of nitro groups is 1. The van der Waals surface area contributed by atoms with Gasteiger partial charge in [-0.15, -0.1) is 24.8 Å². The predicted octanol–water partition coefficient (Wildman–Crippen LogP) is 3.66. The van der Waals surface area contributed by atoms with E-state index in [4.69, 9.17) is 0 Å². The fourth-order valence-electron chi connectivity index (χ4n) is 3.01. The lowest BCUT2D eigenvalue weighted by Crippen LogP contribution is -2.29. The van der Waals surface area contributed by atoms with Gasteiger partial charge in [-0.25, -0.2) is 0 Å². The van der Waals surface area contributed by atoms with E-state index in [0.717, 1.165) is 30.8 Å². The number of halogens is 2. The summed E-state index contributed by atoms with van der Waals surface area (Å²) < 4.78 is 0. The molecule has 2 aromatic rings. The van der Waals surface area contributed by atoms with Crippen molar-refractivity contribution in [1.29, 1.82) is 0 Å². The summed E-state index contributed by atoms with van der Waals surface area (Å²) in [5, 5.41) is 20.7. The lowest BCUT2D eigenvalue weighted by atomic mass is 10.1. The molecular formula is C20H25Cl2N5O3. The second kappa shape index (κ2) is 12.1. The van der Waals surface area contributed by atoms with E-state index < -0.39 is 4.92 Å². The van der Waals surface area contributed by atoms with Gasteiger partial charge in [0.2, 0.25) is 0 Å². The minimum absolute atomic E-state index is 0. The van der Waals surface area contributed by atoms with Gasteiger partial charge in [0.1, 0.15) is 5.69 Å². The van der Waals surface area contributed by atoms with E-state index in [2.05, 4.69) is 27.0 Å². The summed E-state index contributed by atoms with van der Waals surface area (Å²) in [4.78, 5) is 27.7. The van der Waals surface area contributed by atoms with Gasteiger partial charge in [-0.1, -0.05) is 17.7 Å². The van der Waals surface area contributed by atoms with Gasteiger partial charge < -0.3 is 16.0 Å². The lowest BCUT2D eigenvalue weighted by Gasteiger charge is -2.16. The Morgan fingerprint density at radius 3 is 2.73 bits per heavy atom. The van der Waals surface area contributed by atoms with Crippen LogP contribution in [0.4, 0.5) is 11.4 Å². The molecule has 3 N–H and O–H groups in total. The Kier molecular flexibility index (Phi) is 10.2. The molecule has 0 aliphatic carbocycles. The van der Waals surface area contributed by atoms with Crippen LogP contribution in [-0.2, 0) is 0 Å². The quantitative estimate of drug-likeness (QED) is 0.335. The monoisotopic (exact) mass is 453 g/mol. The minimum Gasteiger partial charge on any atom is -0.371 e. The first-order valence-electron chi connectivity index (χ1n) is 9.17. The Hall–Kier alpha value is -2.68. The Bertz CT molecular complexity index is 893. The smallest absolute Gasteiger partial charge is 0.293 e. The number of nitrogens with zero attached hydrogens (tertiary/aromatic N) is 2. The fourth-order valence-corrected chi connectivity index (χ4v) is 3.01. The minimum atomic E-state index is -0.487. The molecule has 8 nitrogen and oxygen atoms in total. The highest BCUT2D eigenvalue weighted by molar-refractivity contribution is 5.95. The molecule has 0 spiro atoms. The van der Waals surface area contributed by atoms with Crippen molar-refractivity contribution >= 4 is 42.1 Å². The molecule has 3 rings (SSSR count). The number of hydrogen-bond donors (Lipinski definition) is 3. The van der Waals surface area contributed by atoms with Gasteiger partial charge in [-0.3, -0.25) is 19.9 Å². The van der Waals surface area contributed by atoms with Gasteiger partial charge in [-0.05, 0) is 44.2 Å². The van der Waals surface area contributed by atoms with Crippen molar-refractivity contribution in [2.24, 2.45) is 0 Å². The van der Waals surface area contributed by atoms with Crippen molar-refractivity contribution < 1.29 is 9.72 Å². The molecule has 162 valence electrons. The fraction of sp³-hybridized carbons (Fsp3) is 0.300. The van der Waals surface area contributed by atoms with Gasteiger partial charge in [0.05, 0.1) is 16.7 Å². The lowest BCUT2D eigenvalue weighted by molar-refractivity contribution is -0.384. The molecule has 30 heavy (non-hydrogen) atoms. The third-order valence-electron chi connectivity index (χ3n) is 4.59.